The molecule has 0 N–H and O–H groups in total. The molecule has 3 aromatic rings. The van der Waals surface area contributed by atoms with Crippen molar-refractivity contribution in [1.82, 2.24) is 4.57 Å². The molecule has 0 aliphatic rings. The van der Waals surface area contributed by atoms with Crippen LogP contribution < -0.4 is 0 Å². The van der Waals surface area contributed by atoms with Gasteiger partial charge in [0.15, 0.2) is 6.29 Å². The van der Waals surface area contributed by atoms with Gasteiger partial charge in [0.1, 0.15) is 0 Å². The van der Waals surface area contributed by atoms with Gasteiger partial charge in [0, 0.05) is 34.2 Å². The Balaban J connectivity index is 2.05. The molecule has 0 spiro atoms. The molecular weight excluding hydrogens is 314 g/mol. The van der Waals surface area contributed by atoms with Crippen LogP contribution in [0.25, 0.3) is 10.9 Å². The maximum atomic E-state index is 11.7. The van der Waals surface area contributed by atoms with Gasteiger partial charge in [0.25, 0.3) is 0 Å². The summed E-state index contributed by atoms with van der Waals surface area (Å²) in [5.74, 6) is -0.422. The lowest BCUT2D eigenvalue weighted by molar-refractivity contribution is 0.0601. The highest BCUT2D eigenvalue weighted by Gasteiger charge is 2.12. The standard InChI is InChI=1S/C18H14ClNO3/c1-23-18(22)13-4-7-17-16(8-13)14(11-21)10-20(17)9-12-2-5-15(19)6-3-12/h2-8,10-11H,9H2,1H3. The van der Waals surface area contributed by atoms with Crippen LogP contribution in [-0.4, -0.2) is 23.9 Å². The van der Waals surface area contributed by atoms with E-state index < -0.39 is 5.97 Å². The summed E-state index contributed by atoms with van der Waals surface area (Å²) in [5, 5.41) is 1.42. The Labute approximate surface area is 138 Å². The van der Waals surface area contributed by atoms with Crippen LogP contribution in [0.5, 0.6) is 0 Å². The van der Waals surface area contributed by atoms with Gasteiger partial charge in [0.05, 0.1) is 12.7 Å². The average Bonchev–Trinajstić information content (AvgIpc) is 2.93. The molecule has 0 bridgehead atoms. The monoisotopic (exact) mass is 327 g/mol. The fourth-order valence-electron chi connectivity index (χ4n) is 2.58. The number of hydrogen-bond acceptors (Lipinski definition) is 3. The minimum Gasteiger partial charge on any atom is -0.465 e. The van der Waals surface area contributed by atoms with E-state index in [-0.39, 0.29) is 0 Å². The second kappa shape index (κ2) is 6.26. The number of carbonyl (C=O) groups is 2. The number of rotatable bonds is 4. The summed E-state index contributed by atoms with van der Waals surface area (Å²) in [6.07, 6.45) is 2.58. The summed E-state index contributed by atoms with van der Waals surface area (Å²) < 4.78 is 6.70. The number of carbonyl (C=O) groups excluding carboxylic acids is 2. The number of benzene rings is 2. The number of halogens is 1. The van der Waals surface area contributed by atoms with Gasteiger partial charge in [-0.3, -0.25) is 4.79 Å². The fourth-order valence-corrected chi connectivity index (χ4v) is 2.71. The van der Waals surface area contributed by atoms with E-state index in [1.54, 1.807) is 18.3 Å². The molecule has 0 radical (unpaired) electrons. The van der Waals surface area contributed by atoms with E-state index in [0.717, 1.165) is 22.8 Å². The van der Waals surface area contributed by atoms with Crippen LogP contribution in [0.2, 0.25) is 5.02 Å². The van der Waals surface area contributed by atoms with Crippen molar-refractivity contribution in [1.29, 1.82) is 0 Å². The number of methoxy groups -OCH3 is 1. The van der Waals surface area contributed by atoms with Crippen LogP contribution >= 0.6 is 11.6 Å². The molecule has 0 saturated heterocycles. The van der Waals surface area contributed by atoms with Crippen molar-refractivity contribution in [3.8, 4) is 0 Å². The first-order chi connectivity index (χ1) is 11.1. The van der Waals surface area contributed by atoms with Gasteiger partial charge in [0.2, 0.25) is 0 Å². The molecule has 0 aliphatic heterocycles. The Morgan fingerprint density at radius 3 is 2.61 bits per heavy atom. The largest absolute Gasteiger partial charge is 0.465 e. The topological polar surface area (TPSA) is 48.3 Å². The fraction of sp³-hybridized carbons (Fsp3) is 0.111. The van der Waals surface area contributed by atoms with Crippen molar-refractivity contribution in [2.75, 3.05) is 7.11 Å². The van der Waals surface area contributed by atoms with Crippen LogP contribution in [0.4, 0.5) is 0 Å². The van der Waals surface area contributed by atoms with Gasteiger partial charge in [-0.15, -0.1) is 0 Å². The molecule has 4 nitrogen and oxygen atoms in total. The van der Waals surface area contributed by atoms with E-state index in [2.05, 4.69) is 0 Å². The number of aromatic nitrogens is 1. The van der Waals surface area contributed by atoms with Crippen molar-refractivity contribution in [3.05, 3.63) is 70.4 Å². The summed E-state index contributed by atoms with van der Waals surface area (Å²) in [4.78, 5) is 23.0. The number of ether oxygens (including phenoxy) is 1. The van der Waals surface area contributed by atoms with E-state index >= 15 is 0 Å². The molecule has 116 valence electrons. The molecule has 2 aromatic carbocycles. The van der Waals surface area contributed by atoms with Crippen LogP contribution in [0.15, 0.2) is 48.7 Å². The highest BCUT2D eigenvalue weighted by atomic mass is 35.5. The Morgan fingerprint density at radius 2 is 1.96 bits per heavy atom. The molecule has 0 saturated carbocycles. The Morgan fingerprint density at radius 1 is 1.22 bits per heavy atom. The second-order valence-electron chi connectivity index (χ2n) is 5.18. The van der Waals surface area contributed by atoms with Gasteiger partial charge in [-0.25, -0.2) is 4.79 Å². The third-order valence-corrected chi connectivity index (χ3v) is 3.98. The second-order valence-corrected chi connectivity index (χ2v) is 5.62. The molecular formula is C18H14ClNO3. The zero-order valence-electron chi connectivity index (χ0n) is 12.5. The van der Waals surface area contributed by atoms with Crippen molar-refractivity contribution in [2.24, 2.45) is 0 Å². The van der Waals surface area contributed by atoms with Gasteiger partial charge >= 0.3 is 5.97 Å². The first-order valence-corrected chi connectivity index (χ1v) is 7.41. The molecule has 0 amide bonds. The third kappa shape index (κ3) is 2.98. The minimum absolute atomic E-state index is 0.422. The zero-order valence-corrected chi connectivity index (χ0v) is 13.2. The molecule has 0 fully saturated rings. The molecule has 3 rings (SSSR count). The number of fused-ring (bicyclic) bond motifs is 1. The summed E-state index contributed by atoms with van der Waals surface area (Å²) in [5.41, 5.74) is 2.92. The highest BCUT2D eigenvalue weighted by Crippen LogP contribution is 2.23. The van der Waals surface area contributed by atoms with E-state index in [1.165, 1.54) is 7.11 Å². The van der Waals surface area contributed by atoms with Crippen molar-refractivity contribution in [3.63, 3.8) is 0 Å². The lowest BCUT2D eigenvalue weighted by atomic mass is 10.1. The van der Waals surface area contributed by atoms with Crippen LogP contribution in [0.3, 0.4) is 0 Å². The van der Waals surface area contributed by atoms with Crippen LogP contribution in [-0.2, 0) is 11.3 Å². The van der Waals surface area contributed by atoms with Gasteiger partial charge in [-0.05, 0) is 35.9 Å². The van der Waals surface area contributed by atoms with Gasteiger partial charge in [-0.2, -0.15) is 0 Å². The van der Waals surface area contributed by atoms with Crippen LogP contribution in [0, 0.1) is 0 Å². The average molecular weight is 328 g/mol. The van der Waals surface area contributed by atoms with E-state index in [9.17, 15) is 9.59 Å². The molecule has 1 aromatic heterocycles. The SMILES string of the molecule is COC(=O)c1ccc2c(c1)c(C=O)cn2Cc1ccc(Cl)cc1. The Hall–Kier alpha value is -2.59. The maximum Gasteiger partial charge on any atom is 0.337 e. The zero-order chi connectivity index (χ0) is 16.4. The van der Waals surface area contributed by atoms with Gasteiger partial charge in [-0.1, -0.05) is 23.7 Å². The third-order valence-electron chi connectivity index (χ3n) is 3.73. The van der Waals surface area contributed by atoms with Crippen LogP contribution in [0.1, 0.15) is 26.3 Å². The number of nitrogens with zero attached hydrogens (tertiary/aromatic N) is 1. The van der Waals surface area contributed by atoms with E-state index in [0.29, 0.717) is 22.7 Å². The molecule has 0 aliphatic carbocycles. The molecule has 0 unspecified atom stereocenters. The first kappa shape index (κ1) is 15.3. The maximum absolute atomic E-state index is 11.7. The predicted molar refractivity (Wildman–Crippen MR) is 89.2 cm³/mol. The first-order valence-electron chi connectivity index (χ1n) is 7.03. The predicted octanol–water partition coefficient (Wildman–Crippen LogP) is 3.94. The Kier molecular flexibility index (Phi) is 4.17. The Bertz CT molecular complexity index is 881. The summed E-state index contributed by atoms with van der Waals surface area (Å²) >= 11 is 5.90. The summed E-state index contributed by atoms with van der Waals surface area (Å²) in [7, 11) is 1.33. The van der Waals surface area contributed by atoms with Gasteiger partial charge < -0.3 is 9.30 Å². The number of aldehydes is 1. The molecule has 5 heteroatoms. The van der Waals surface area contributed by atoms with Crippen molar-refractivity contribution in [2.45, 2.75) is 6.54 Å². The van der Waals surface area contributed by atoms with Crippen molar-refractivity contribution >= 4 is 34.8 Å². The van der Waals surface area contributed by atoms with Crippen molar-refractivity contribution < 1.29 is 14.3 Å². The number of esters is 1. The molecule has 1 heterocycles. The molecule has 0 atom stereocenters. The lowest BCUT2D eigenvalue weighted by Gasteiger charge is -2.06. The smallest absolute Gasteiger partial charge is 0.337 e. The summed E-state index contributed by atoms with van der Waals surface area (Å²) in [6, 6.07) is 12.8. The minimum atomic E-state index is -0.422. The summed E-state index contributed by atoms with van der Waals surface area (Å²) in [6.45, 7) is 0.610. The van der Waals surface area contributed by atoms with E-state index in [1.807, 2.05) is 34.9 Å². The molecule has 23 heavy (non-hydrogen) atoms. The highest BCUT2D eigenvalue weighted by molar-refractivity contribution is 6.30. The normalized spacial score (nSPS) is 10.7. The van der Waals surface area contributed by atoms with E-state index in [4.69, 9.17) is 16.3 Å². The lowest BCUT2D eigenvalue weighted by Crippen LogP contribution is -2.01. The number of hydrogen-bond donors (Lipinski definition) is 0. The quantitative estimate of drug-likeness (QED) is 0.538.